The van der Waals surface area contributed by atoms with Gasteiger partial charge in [0.05, 0.1) is 0 Å². The van der Waals surface area contributed by atoms with E-state index in [0.717, 1.165) is 81.1 Å². The molecule has 0 N–H and O–H groups in total. The standard InChI is InChI=1S/C60H55N4O.Pt/c1-8-19-41-30-31-52-51(34-41)57-44(39-59(2,3)4)35-48(38-55(57)64(52)56-36-45(32-33-61-56)60(5,6)7)65-47-25-17-24-46(37-47)62-40-63(54-29-16-15-28-53(54)62)58-49(42-20-11-9-12-21-42)26-18-27-50(58)43-22-13-10-14-23-43;/h9-18,20-36,40H,8,19,39H2,1-7H3;/q-3;. The molecule has 0 saturated heterocycles. The van der Waals surface area contributed by atoms with Crippen LogP contribution in [0.25, 0.3) is 49.9 Å². The summed E-state index contributed by atoms with van der Waals surface area (Å²) in [5.41, 5.74) is 14.6. The van der Waals surface area contributed by atoms with Crippen molar-refractivity contribution in [3.05, 3.63) is 199 Å². The van der Waals surface area contributed by atoms with Crippen molar-refractivity contribution in [3.63, 3.8) is 0 Å². The zero-order valence-electron chi connectivity index (χ0n) is 38.8. The van der Waals surface area contributed by atoms with Gasteiger partial charge < -0.3 is 19.1 Å². The second kappa shape index (κ2) is 18.1. The number of fused-ring (bicyclic) bond motifs is 4. The summed E-state index contributed by atoms with van der Waals surface area (Å²) in [5.74, 6) is 2.13. The first-order valence-corrected chi connectivity index (χ1v) is 22.9. The van der Waals surface area contributed by atoms with Gasteiger partial charge in [0, 0.05) is 72.5 Å². The summed E-state index contributed by atoms with van der Waals surface area (Å²) in [4.78, 5) is 9.55. The van der Waals surface area contributed by atoms with Crippen LogP contribution >= 0.6 is 0 Å². The van der Waals surface area contributed by atoms with Crippen molar-refractivity contribution in [3.8, 4) is 39.6 Å². The number of ether oxygens (including phenoxy) is 1. The molecule has 7 aromatic carbocycles. The van der Waals surface area contributed by atoms with Gasteiger partial charge in [-0.3, -0.25) is 0 Å². The van der Waals surface area contributed by atoms with Crippen molar-refractivity contribution in [1.82, 2.24) is 9.55 Å². The Morgan fingerprint density at radius 3 is 1.94 bits per heavy atom. The third-order valence-corrected chi connectivity index (χ3v) is 12.3. The molecule has 6 heteroatoms. The number of pyridine rings is 1. The number of benzene rings is 7. The summed E-state index contributed by atoms with van der Waals surface area (Å²) in [7, 11) is 0. The van der Waals surface area contributed by atoms with Crippen molar-refractivity contribution >= 4 is 44.6 Å². The van der Waals surface area contributed by atoms with E-state index in [1.54, 1.807) is 0 Å². The van der Waals surface area contributed by atoms with Crippen LogP contribution < -0.4 is 14.5 Å². The summed E-state index contributed by atoms with van der Waals surface area (Å²) in [6.45, 7) is 18.1. The van der Waals surface area contributed by atoms with Gasteiger partial charge in [0.2, 0.25) is 0 Å². The largest absolute Gasteiger partial charge is 0.509 e. The van der Waals surface area contributed by atoms with Crippen LogP contribution in [0, 0.1) is 24.2 Å². The summed E-state index contributed by atoms with van der Waals surface area (Å²) in [5, 5.41) is 2.43. The molecule has 66 heavy (non-hydrogen) atoms. The topological polar surface area (TPSA) is 33.5 Å². The fraction of sp³-hybridized carbons (Fsp3) is 0.200. The molecule has 0 fully saturated rings. The number of hydrogen-bond donors (Lipinski definition) is 0. The molecular formula is C60H55N4OPt-3. The van der Waals surface area contributed by atoms with Crippen LogP contribution in [0.4, 0.5) is 22.7 Å². The third-order valence-electron chi connectivity index (χ3n) is 12.3. The zero-order chi connectivity index (χ0) is 44.9. The van der Waals surface area contributed by atoms with Gasteiger partial charge in [0.25, 0.3) is 0 Å². The van der Waals surface area contributed by atoms with Gasteiger partial charge in [-0.15, -0.1) is 48.3 Å². The third kappa shape index (κ3) is 8.70. The average molecular weight is 1040 g/mol. The van der Waals surface area contributed by atoms with Gasteiger partial charge in [0.15, 0.2) is 0 Å². The van der Waals surface area contributed by atoms with Crippen LogP contribution in [-0.2, 0) is 39.3 Å². The number of para-hydroxylation sites is 3. The second-order valence-electron chi connectivity index (χ2n) is 19.5. The first-order chi connectivity index (χ1) is 31.4. The number of nitrogens with zero attached hydrogens (tertiary/aromatic N) is 4. The van der Waals surface area contributed by atoms with E-state index in [2.05, 4.69) is 233 Å². The Balaban J connectivity index is 0.00000548. The Labute approximate surface area is 405 Å². The van der Waals surface area contributed by atoms with E-state index in [-0.39, 0.29) is 31.9 Å². The van der Waals surface area contributed by atoms with Crippen molar-refractivity contribution in [2.24, 2.45) is 5.41 Å². The molecule has 0 radical (unpaired) electrons. The molecular weight excluding hydrogens is 988 g/mol. The van der Waals surface area contributed by atoms with Crippen LogP contribution in [0.15, 0.2) is 164 Å². The van der Waals surface area contributed by atoms with E-state index >= 15 is 0 Å². The summed E-state index contributed by atoms with van der Waals surface area (Å²) in [6, 6.07) is 63.6. The fourth-order valence-corrected chi connectivity index (χ4v) is 9.36. The molecule has 2 aromatic heterocycles. The Morgan fingerprint density at radius 2 is 1.29 bits per heavy atom. The van der Waals surface area contributed by atoms with E-state index in [1.807, 2.05) is 12.3 Å². The van der Waals surface area contributed by atoms with Gasteiger partial charge >= 0.3 is 0 Å². The monoisotopic (exact) mass is 1040 g/mol. The molecule has 0 amide bonds. The van der Waals surface area contributed by atoms with Crippen LogP contribution in [0.5, 0.6) is 11.5 Å². The van der Waals surface area contributed by atoms with Crippen LogP contribution in [0.2, 0.25) is 0 Å². The number of anilines is 4. The van der Waals surface area contributed by atoms with E-state index in [1.165, 1.54) is 27.5 Å². The Hall–Kier alpha value is -6.42. The van der Waals surface area contributed by atoms with Gasteiger partial charge in [-0.05, 0) is 81.6 Å². The normalized spacial score (nSPS) is 12.7. The molecule has 1 aliphatic rings. The van der Waals surface area contributed by atoms with Gasteiger partial charge in [0.1, 0.15) is 5.82 Å². The maximum absolute atomic E-state index is 6.92. The van der Waals surface area contributed by atoms with Crippen molar-refractivity contribution < 1.29 is 25.8 Å². The molecule has 10 rings (SSSR count). The predicted octanol–water partition coefficient (Wildman–Crippen LogP) is 16.2. The minimum atomic E-state index is -0.0409. The predicted molar refractivity (Wildman–Crippen MR) is 271 cm³/mol. The molecule has 0 bridgehead atoms. The van der Waals surface area contributed by atoms with E-state index in [9.17, 15) is 0 Å². The number of rotatable bonds is 10. The maximum atomic E-state index is 6.92. The first-order valence-electron chi connectivity index (χ1n) is 22.9. The first kappa shape index (κ1) is 44.8. The van der Waals surface area contributed by atoms with E-state index < -0.39 is 0 Å². The number of aromatic nitrogens is 2. The van der Waals surface area contributed by atoms with E-state index in [0.29, 0.717) is 11.5 Å². The quantitative estimate of drug-likeness (QED) is 0.128. The van der Waals surface area contributed by atoms with Crippen LogP contribution in [-0.4, -0.2) is 9.55 Å². The Morgan fingerprint density at radius 1 is 0.636 bits per heavy atom. The summed E-state index contributed by atoms with van der Waals surface area (Å²) >= 11 is 0. The van der Waals surface area contributed by atoms with Gasteiger partial charge in [-0.2, -0.15) is 6.07 Å². The van der Waals surface area contributed by atoms with Crippen molar-refractivity contribution in [2.45, 2.75) is 73.1 Å². The van der Waals surface area contributed by atoms with Crippen molar-refractivity contribution in [2.75, 3.05) is 9.80 Å². The van der Waals surface area contributed by atoms with Crippen LogP contribution in [0.1, 0.15) is 71.6 Å². The molecule has 1 aliphatic heterocycles. The minimum absolute atomic E-state index is 0. The SMILES string of the molecule is CCCc1ccc2c(c1)c1c(CC(C)(C)C)cc(Oc3[c-]c(N4[CH-]N(c5c(-c6ccccc6)cccc5-c5ccccc5)c5ccccc54)ccc3)[c-]c1n2-c1cc(C(C)(C)C)ccn1.[Pt]. The molecule has 9 aromatic rings. The molecule has 0 unspecified atom stereocenters. The summed E-state index contributed by atoms with van der Waals surface area (Å²) < 4.78 is 9.21. The Kier molecular flexibility index (Phi) is 12.3. The van der Waals surface area contributed by atoms with Gasteiger partial charge in [-0.25, -0.2) is 4.98 Å². The molecule has 334 valence electrons. The molecule has 0 aliphatic carbocycles. The number of hydrogen-bond acceptors (Lipinski definition) is 4. The number of aryl methyl sites for hydroxylation is 1. The fourth-order valence-electron chi connectivity index (χ4n) is 9.36. The van der Waals surface area contributed by atoms with Crippen LogP contribution in [0.3, 0.4) is 0 Å². The molecule has 5 nitrogen and oxygen atoms in total. The molecule has 0 spiro atoms. The summed E-state index contributed by atoms with van der Waals surface area (Å²) in [6.07, 6.45) is 4.90. The van der Waals surface area contributed by atoms with E-state index in [4.69, 9.17) is 9.72 Å². The average Bonchev–Trinajstić information content (AvgIpc) is 3.85. The molecule has 3 heterocycles. The smallest absolute Gasteiger partial charge is 0.135 e. The maximum Gasteiger partial charge on any atom is 0.135 e. The second-order valence-corrected chi connectivity index (χ2v) is 19.5. The van der Waals surface area contributed by atoms with Crippen molar-refractivity contribution in [1.29, 1.82) is 0 Å². The minimum Gasteiger partial charge on any atom is -0.509 e. The zero-order valence-corrected chi connectivity index (χ0v) is 41.1. The van der Waals surface area contributed by atoms with Gasteiger partial charge in [-0.1, -0.05) is 169 Å². The molecule has 0 saturated carbocycles. The molecule has 0 atom stereocenters. The Bertz CT molecular complexity index is 3120.